The Bertz CT molecular complexity index is 618. The molecule has 0 unspecified atom stereocenters. The van der Waals surface area contributed by atoms with E-state index in [1.807, 2.05) is 24.3 Å². The lowest BCUT2D eigenvalue weighted by atomic mass is 10.0. The number of ether oxygens (including phenoxy) is 2. The van der Waals surface area contributed by atoms with E-state index in [0.717, 1.165) is 61.3 Å². The van der Waals surface area contributed by atoms with Crippen LogP contribution >= 0.6 is 0 Å². The highest BCUT2D eigenvalue weighted by atomic mass is 16.5. The Balaban J connectivity index is 1.76. The summed E-state index contributed by atoms with van der Waals surface area (Å²) in [5.41, 5.74) is 2.31. The number of hydrogen-bond donors (Lipinski definition) is 2. The number of rotatable bonds is 13. The molecule has 0 radical (unpaired) electrons. The van der Waals surface area contributed by atoms with Crippen molar-refractivity contribution < 1.29 is 19.7 Å². The quantitative estimate of drug-likeness (QED) is 0.501. The van der Waals surface area contributed by atoms with Gasteiger partial charge in [0.15, 0.2) is 0 Å². The third-order valence-corrected chi connectivity index (χ3v) is 4.60. The van der Waals surface area contributed by atoms with Gasteiger partial charge in [-0.3, -0.25) is 0 Å². The Hall–Kier alpha value is -2.04. The molecule has 0 aliphatic rings. The van der Waals surface area contributed by atoms with Gasteiger partial charge in [-0.25, -0.2) is 0 Å². The van der Waals surface area contributed by atoms with Gasteiger partial charge in [-0.2, -0.15) is 0 Å². The SMILES string of the molecule is CCCCOc1ccc(-c2ccc(OCCCCC(CO)CO)cc2)cc1. The lowest BCUT2D eigenvalue weighted by Gasteiger charge is -2.11. The minimum atomic E-state index is -0.00674. The van der Waals surface area contributed by atoms with Crippen molar-refractivity contribution in [2.75, 3.05) is 26.4 Å². The molecule has 2 N–H and O–H groups in total. The van der Waals surface area contributed by atoms with Gasteiger partial charge in [0.1, 0.15) is 11.5 Å². The van der Waals surface area contributed by atoms with E-state index in [1.165, 1.54) is 0 Å². The van der Waals surface area contributed by atoms with Crippen LogP contribution in [0.5, 0.6) is 11.5 Å². The average Bonchev–Trinajstić information content (AvgIpc) is 2.72. The van der Waals surface area contributed by atoms with Crippen molar-refractivity contribution in [3.05, 3.63) is 48.5 Å². The van der Waals surface area contributed by atoms with Crippen LogP contribution in [0.3, 0.4) is 0 Å². The van der Waals surface area contributed by atoms with Gasteiger partial charge in [0.2, 0.25) is 0 Å². The molecule has 0 bridgehead atoms. The minimum Gasteiger partial charge on any atom is -0.494 e. The van der Waals surface area contributed by atoms with Crippen LogP contribution in [0.2, 0.25) is 0 Å². The molecule has 0 spiro atoms. The summed E-state index contributed by atoms with van der Waals surface area (Å²) >= 11 is 0. The predicted octanol–water partition coefficient (Wildman–Crippen LogP) is 4.68. The zero-order valence-corrected chi connectivity index (χ0v) is 16.3. The van der Waals surface area contributed by atoms with Crippen molar-refractivity contribution in [3.8, 4) is 22.6 Å². The molecule has 2 rings (SSSR count). The number of aliphatic hydroxyl groups is 2. The molecule has 4 nitrogen and oxygen atoms in total. The monoisotopic (exact) mass is 372 g/mol. The molecular weight excluding hydrogens is 340 g/mol. The van der Waals surface area contributed by atoms with Crippen LogP contribution < -0.4 is 9.47 Å². The first-order valence-electron chi connectivity index (χ1n) is 9.94. The van der Waals surface area contributed by atoms with E-state index in [1.54, 1.807) is 0 Å². The molecule has 0 amide bonds. The normalized spacial score (nSPS) is 11.0. The number of aliphatic hydroxyl groups excluding tert-OH is 2. The standard InChI is InChI=1S/C23H32O4/c1-2-3-15-26-22-11-7-20(8-12-22)21-9-13-23(14-10-21)27-16-5-4-6-19(17-24)18-25/h7-14,19,24-25H,2-6,15-18H2,1H3. The van der Waals surface area contributed by atoms with E-state index >= 15 is 0 Å². The third-order valence-electron chi connectivity index (χ3n) is 4.60. The first kappa shape index (κ1) is 21.3. The zero-order chi connectivity index (χ0) is 19.3. The summed E-state index contributed by atoms with van der Waals surface area (Å²) in [7, 11) is 0. The molecule has 0 fully saturated rings. The van der Waals surface area contributed by atoms with E-state index in [0.29, 0.717) is 6.61 Å². The van der Waals surface area contributed by atoms with Gasteiger partial charge in [0, 0.05) is 19.1 Å². The van der Waals surface area contributed by atoms with Crippen LogP contribution in [-0.4, -0.2) is 36.6 Å². The highest BCUT2D eigenvalue weighted by molar-refractivity contribution is 5.64. The largest absolute Gasteiger partial charge is 0.494 e. The lowest BCUT2D eigenvalue weighted by Crippen LogP contribution is -2.11. The van der Waals surface area contributed by atoms with Gasteiger partial charge in [-0.05, 0) is 61.1 Å². The Morgan fingerprint density at radius 1 is 0.704 bits per heavy atom. The molecule has 2 aromatic carbocycles. The highest BCUT2D eigenvalue weighted by Crippen LogP contribution is 2.25. The first-order chi connectivity index (χ1) is 13.3. The second kappa shape index (κ2) is 12.4. The molecule has 0 heterocycles. The van der Waals surface area contributed by atoms with E-state index in [-0.39, 0.29) is 19.1 Å². The molecule has 0 saturated carbocycles. The molecule has 0 atom stereocenters. The van der Waals surface area contributed by atoms with Crippen molar-refractivity contribution in [2.45, 2.75) is 39.0 Å². The van der Waals surface area contributed by atoms with Crippen molar-refractivity contribution in [3.63, 3.8) is 0 Å². The van der Waals surface area contributed by atoms with E-state index in [4.69, 9.17) is 19.7 Å². The molecule has 0 aliphatic carbocycles. The Kier molecular flexibility index (Phi) is 9.74. The summed E-state index contributed by atoms with van der Waals surface area (Å²) in [6, 6.07) is 16.3. The fourth-order valence-electron chi connectivity index (χ4n) is 2.79. The topological polar surface area (TPSA) is 58.9 Å². The third kappa shape index (κ3) is 7.61. The fourth-order valence-corrected chi connectivity index (χ4v) is 2.79. The summed E-state index contributed by atoms with van der Waals surface area (Å²) in [6.07, 6.45) is 4.90. The van der Waals surface area contributed by atoms with Crippen molar-refractivity contribution in [1.29, 1.82) is 0 Å². The van der Waals surface area contributed by atoms with Gasteiger partial charge < -0.3 is 19.7 Å². The van der Waals surface area contributed by atoms with Crippen LogP contribution in [0.4, 0.5) is 0 Å². The van der Waals surface area contributed by atoms with Crippen LogP contribution in [0.1, 0.15) is 39.0 Å². The Morgan fingerprint density at radius 2 is 1.19 bits per heavy atom. The maximum absolute atomic E-state index is 9.05. The van der Waals surface area contributed by atoms with Gasteiger partial charge in [0.05, 0.1) is 13.2 Å². The number of unbranched alkanes of at least 4 members (excludes halogenated alkanes) is 2. The van der Waals surface area contributed by atoms with Crippen molar-refractivity contribution in [1.82, 2.24) is 0 Å². The molecule has 2 aromatic rings. The Morgan fingerprint density at radius 3 is 1.63 bits per heavy atom. The van der Waals surface area contributed by atoms with Gasteiger partial charge in [-0.15, -0.1) is 0 Å². The molecule has 148 valence electrons. The molecule has 0 aliphatic heterocycles. The minimum absolute atomic E-state index is 0.00674. The van der Waals surface area contributed by atoms with E-state index in [9.17, 15) is 0 Å². The average molecular weight is 373 g/mol. The summed E-state index contributed by atoms with van der Waals surface area (Å²) in [5.74, 6) is 1.77. The predicted molar refractivity (Wildman–Crippen MR) is 109 cm³/mol. The van der Waals surface area contributed by atoms with Gasteiger partial charge in [0.25, 0.3) is 0 Å². The molecule has 4 heteroatoms. The summed E-state index contributed by atoms with van der Waals surface area (Å²) in [4.78, 5) is 0. The van der Waals surface area contributed by atoms with Gasteiger partial charge >= 0.3 is 0 Å². The zero-order valence-electron chi connectivity index (χ0n) is 16.3. The van der Waals surface area contributed by atoms with E-state index < -0.39 is 0 Å². The summed E-state index contributed by atoms with van der Waals surface area (Å²) < 4.78 is 11.5. The van der Waals surface area contributed by atoms with Crippen LogP contribution in [0, 0.1) is 5.92 Å². The molecule has 0 aromatic heterocycles. The van der Waals surface area contributed by atoms with Gasteiger partial charge in [-0.1, -0.05) is 37.6 Å². The fraction of sp³-hybridized carbons (Fsp3) is 0.478. The summed E-state index contributed by atoms with van der Waals surface area (Å²) in [6.45, 7) is 3.66. The second-order valence-corrected chi connectivity index (χ2v) is 6.83. The van der Waals surface area contributed by atoms with Crippen LogP contribution in [0.25, 0.3) is 11.1 Å². The molecular formula is C23H32O4. The highest BCUT2D eigenvalue weighted by Gasteiger charge is 2.05. The maximum atomic E-state index is 9.05. The smallest absolute Gasteiger partial charge is 0.119 e. The lowest BCUT2D eigenvalue weighted by molar-refractivity contribution is 0.140. The first-order valence-corrected chi connectivity index (χ1v) is 9.94. The number of benzene rings is 2. The van der Waals surface area contributed by atoms with Crippen molar-refractivity contribution in [2.24, 2.45) is 5.92 Å². The maximum Gasteiger partial charge on any atom is 0.119 e. The van der Waals surface area contributed by atoms with Crippen LogP contribution in [-0.2, 0) is 0 Å². The second-order valence-electron chi connectivity index (χ2n) is 6.83. The summed E-state index contributed by atoms with van der Waals surface area (Å²) in [5, 5.41) is 18.1. The molecule has 27 heavy (non-hydrogen) atoms. The van der Waals surface area contributed by atoms with Crippen LogP contribution in [0.15, 0.2) is 48.5 Å². The number of hydrogen-bond acceptors (Lipinski definition) is 4. The van der Waals surface area contributed by atoms with E-state index in [2.05, 4.69) is 31.2 Å². The molecule has 0 saturated heterocycles. The van der Waals surface area contributed by atoms with Crippen molar-refractivity contribution >= 4 is 0 Å². The Labute approximate surface area is 162 Å².